The van der Waals surface area contributed by atoms with Crippen LogP contribution in [0.2, 0.25) is 5.02 Å². The lowest BCUT2D eigenvalue weighted by atomic mass is 9.95. The molecule has 1 aromatic rings. The van der Waals surface area contributed by atoms with Gasteiger partial charge in [0.15, 0.2) is 11.5 Å². The molecular weight excluding hydrogens is 244 g/mol. The first-order valence-corrected chi connectivity index (χ1v) is 5.72. The molecule has 1 heterocycles. The van der Waals surface area contributed by atoms with Crippen LogP contribution in [-0.2, 0) is 5.60 Å². The Morgan fingerprint density at radius 2 is 2.00 bits per heavy atom. The molecule has 1 N–H and O–H groups in total. The fourth-order valence-corrected chi connectivity index (χ4v) is 2.16. The van der Waals surface area contributed by atoms with E-state index in [0.717, 1.165) is 0 Å². The lowest BCUT2D eigenvalue weighted by molar-refractivity contribution is 0.0671. The Morgan fingerprint density at radius 3 is 2.59 bits per heavy atom. The highest BCUT2D eigenvalue weighted by Crippen LogP contribution is 2.48. The number of benzene rings is 1. The van der Waals surface area contributed by atoms with Crippen molar-refractivity contribution in [2.75, 3.05) is 20.3 Å². The smallest absolute Gasteiger partial charge is 0.171 e. The Kier molecular flexibility index (Phi) is 3.10. The minimum absolute atomic E-state index is 0.397. The molecule has 1 aliphatic rings. The van der Waals surface area contributed by atoms with Crippen LogP contribution in [0, 0.1) is 0 Å². The molecule has 0 saturated carbocycles. The lowest BCUT2D eigenvalue weighted by Gasteiger charge is -2.28. The van der Waals surface area contributed by atoms with E-state index in [1.54, 1.807) is 19.9 Å². The van der Waals surface area contributed by atoms with Gasteiger partial charge in [0.1, 0.15) is 19.0 Å². The Bertz CT molecular complexity index is 437. The zero-order valence-corrected chi connectivity index (χ0v) is 10.8. The summed E-state index contributed by atoms with van der Waals surface area (Å²) in [5, 5.41) is 10.6. The standard InChI is InChI=1S/C12H15ClO4/c1-12(2,14)9-10(15-3)7(13)6-8-11(9)17-5-4-16-8/h6,14H,4-5H2,1-3H3. The maximum Gasteiger partial charge on any atom is 0.171 e. The maximum atomic E-state index is 10.2. The quantitative estimate of drug-likeness (QED) is 0.885. The van der Waals surface area contributed by atoms with E-state index >= 15 is 0 Å². The molecule has 0 amide bonds. The first-order valence-electron chi connectivity index (χ1n) is 5.34. The van der Waals surface area contributed by atoms with Gasteiger partial charge in [0.05, 0.1) is 23.3 Å². The molecule has 0 bridgehead atoms. The van der Waals surface area contributed by atoms with Gasteiger partial charge in [-0.15, -0.1) is 0 Å². The van der Waals surface area contributed by atoms with Gasteiger partial charge in [0.25, 0.3) is 0 Å². The first-order chi connectivity index (χ1) is 7.95. The molecular formula is C12H15ClO4. The van der Waals surface area contributed by atoms with E-state index in [1.165, 1.54) is 7.11 Å². The average Bonchev–Trinajstić information content (AvgIpc) is 2.25. The molecule has 1 aliphatic heterocycles. The molecule has 17 heavy (non-hydrogen) atoms. The van der Waals surface area contributed by atoms with E-state index in [1.807, 2.05) is 0 Å². The second-order valence-electron chi connectivity index (χ2n) is 4.35. The van der Waals surface area contributed by atoms with Crippen molar-refractivity contribution in [1.29, 1.82) is 0 Å². The molecule has 2 rings (SSSR count). The summed E-state index contributed by atoms with van der Waals surface area (Å²) in [6.45, 7) is 4.22. The maximum absolute atomic E-state index is 10.2. The van der Waals surface area contributed by atoms with E-state index in [9.17, 15) is 5.11 Å². The number of aliphatic hydroxyl groups is 1. The average molecular weight is 259 g/mol. The van der Waals surface area contributed by atoms with E-state index in [0.29, 0.717) is 41.0 Å². The van der Waals surface area contributed by atoms with Gasteiger partial charge in [-0.2, -0.15) is 0 Å². The number of rotatable bonds is 2. The molecule has 0 unspecified atom stereocenters. The topological polar surface area (TPSA) is 47.9 Å². The third-order valence-corrected chi connectivity index (χ3v) is 2.84. The van der Waals surface area contributed by atoms with Crippen molar-refractivity contribution in [2.24, 2.45) is 0 Å². The Hall–Kier alpha value is -1.13. The monoisotopic (exact) mass is 258 g/mol. The lowest BCUT2D eigenvalue weighted by Crippen LogP contribution is -2.23. The van der Waals surface area contributed by atoms with Gasteiger partial charge in [-0.1, -0.05) is 11.6 Å². The third kappa shape index (κ3) is 2.15. The second-order valence-corrected chi connectivity index (χ2v) is 4.76. The van der Waals surface area contributed by atoms with Crippen LogP contribution >= 0.6 is 11.6 Å². The minimum Gasteiger partial charge on any atom is -0.495 e. The highest BCUT2D eigenvalue weighted by molar-refractivity contribution is 6.32. The summed E-state index contributed by atoms with van der Waals surface area (Å²) in [6, 6.07) is 1.64. The molecule has 5 heteroatoms. The number of hydrogen-bond acceptors (Lipinski definition) is 4. The number of fused-ring (bicyclic) bond motifs is 1. The van der Waals surface area contributed by atoms with Gasteiger partial charge in [-0.3, -0.25) is 0 Å². The number of hydrogen-bond donors (Lipinski definition) is 1. The second kappa shape index (κ2) is 4.27. The predicted octanol–water partition coefficient (Wildman–Crippen LogP) is 2.35. The van der Waals surface area contributed by atoms with Crippen LogP contribution < -0.4 is 14.2 Å². The molecule has 0 fully saturated rings. The molecule has 0 spiro atoms. The molecule has 0 aliphatic carbocycles. The van der Waals surface area contributed by atoms with E-state index < -0.39 is 5.60 Å². The Morgan fingerprint density at radius 1 is 1.35 bits per heavy atom. The van der Waals surface area contributed by atoms with Gasteiger partial charge in [0, 0.05) is 6.07 Å². The summed E-state index contributed by atoms with van der Waals surface area (Å²) in [5.74, 6) is 1.47. The summed E-state index contributed by atoms with van der Waals surface area (Å²) in [5.41, 5.74) is -0.608. The van der Waals surface area contributed by atoms with Crippen LogP contribution in [0.15, 0.2) is 6.07 Å². The van der Waals surface area contributed by atoms with Crippen molar-refractivity contribution in [3.05, 3.63) is 16.7 Å². The molecule has 0 radical (unpaired) electrons. The summed E-state index contributed by atoms with van der Waals surface area (Å²) in [4.78, 5) is 0. The van der Waals surface area contributed by atoms with Crippen molar-refractivity contribution < 1.29 is 19.3 Å². The van der Waals surface area contributed by atoms with Gasteiger partial charge in [-0.05, 0) is 13.8 Å². The minimum atomic E-state index is -1.12. The number of methoxy groups -OCH3 is 1. The van der Waals surface area contributed by atoms with Crippen molar-refractivity contribution in [1.82, 2.24) is 0 Å². The van der Waals surface area contributed by atoms with Gasteiger partial charge in [0.2, 0.25) is 0 Å². The van der Waals surface area contributed by atoms with Gasteiger partial charge < -0.3 is 19.3 Å². The van der Waals surface area contributed by atoms with Crippen molar-refractivity contribution >= 4 is 11.6 Å². The molecule has 94 valence electrons. The summed E-state index contributed by atoms with van der Waals surface area (Å²) in [7, 11) is 1.51. The number of ether oxygens (including phenoxy) is 3. The van der Waals surface area contributed by atoms with Gasteiger partial charge in [-0.25, -0.2) is 0 Å². The molecule has 0 atom stereocenters. The number of halogens is 1. The summed E-state index contributed by atoms with van der Waals surface area (Å²) in [6.07, 6.45) is 0. The predicted molar refractivity (Wildman–Crippen MR) is 64.2 cm³/mol. The first kappa shape index (κ1) is 12.3. The van der Waals surface area contributed by atoms with Gasteiger partial charge >= 0.3 is 0 Å². The van der Waals surface area contributed by atoms with E-state index in [4.69, 9.17) is 25.8 Å². The zero-order valence-electron chi connectivity index (χ0n) is 10.0. The van der Waals surface area contributed by atoms with E-state index in [-0.39, 0.29) is 0 Å². The summed E-state index contributed by atoms with van der Waals surface area (Å²) < 4.78 is 16.3. The Balaban J connectivity index is 2.70. The van der Waals surface area contributed by atoms with Crippen LogP contribution in [0.4, 0.5) is 0 Å². The van der Waals surface area contributed by atoms with Crippen molar-refractivity contribution in [3.8, 4) is 17.2 Å². The highest BCUT2D eigenvalue weighted by atomic mass is 35.5. The van der Waals surface area contributed by atoms with Crippen LogP contribution in [-0.4, -0.2) is 25.4 Å². The summed E-state index contributed by atoms with van der Waals surface area (Å²) >= 11 is 6.10. The normalized spacial score (nSPS) is 14.6. The van der Waals surface area contributed by atoms with Crippen LogP contribution in [0.1, 0.15) is 19.4 Å². The SMILES string of the molecule is COc1c(Cl)cc2c(c1C(C)(C)O)OCCO2. The van der Waals surface area contributed by atoms with Crippen LogP contribution in [0.3, 0.4) is 0 Å². The third-order valence-electron chi connectivity index (χ3n) is 2.56. The largest absolute Gasteiger partial charge is 0.495 e. The van der Waals surface area contributed by atoms with Crippen LogP contribution in [0.5, 0.6) is 17.2 Å². The molecule has 4 nitrogen and oxygen atoms in total. The van der Waals surface area contributed by atoms with Crippen molar-refractivity contribution in [2.45, 2.75) is 19.4 Å². The zero-order chi connectivity index (χ0) is 12.6. The fraction of sp³-hybridized carbons (Fsp3) is 0.500. The van der Waals surface area contributed by atoms with Crippen LogP contribution in [0.25, 0.3) is 0 Å². The molecule has 1 aromatic carbocycles. The van der Waals surface area contributed by atoms with E-state index in [2.05, 4.69) is 0 Å². The Labute approximate surface area is 105 Å². The molecule has 0 aromatic heterocycles. The van der Waals surface area contributed by atoms with Crippen molar-refractivity contribution in [3.63, 3.8) is 0 Å². The molecule has 0 saturated heterocycles. The highest BCUT2D eigenvalue weighted by Gasteiger charge is 2.32. The fourth-order valence-electron chi connectivity index (χ4n) is 1.89.